The Labute approximate surface area is 97.6 Å². The number of hydrogen-bond acceptors (Lipinski definition) is 5. The second kappa shape index (κ2) is 5.11. The molecule has 17 heavy (non-hydrogen) atoms. The lowest BCUT2D eigenvalue weighted by molar-refractivity contribution is -0.288. The van der Waals surface area contributed by atoms with Crippen LogP contribution in [0.1, 0.15) is 13.8 Å². The topological polar surface area (TPSA) is 90.2 Å². The van der Waals surface area contributed by atoms with Crippen LogP contribution in [0.25, 0.3) is 0 Å². The summed E-state index contributed by atoms with van der Waals surface area (Å²) in [5.74, 6) is -4.47. The second-order valence-electron chi connectivity index (χ2n) is 4.58. The minimum Gasteiger partial charge on any atom is -0.394 e. The molecular formula is C10H18F2O5. The van der Waals surface area contributed by atoms with E-state index in [-0.39, 0.29) is 0 Å². The molecule has 1 fully saturated rings. The lowest BCUT2D eigenvalue weighted by Gasteiger charge is -2.43. The molecule has 0 aromatic heterocycles. The number of aliphatic hydroxyl groups is 4. The molecule has 0 spiro atoms. The standard InChI is InChI=1S/C10H18F2O5/c1-4(2)10(11,12)9-8(16)7(15)6(14)5(3-13)17-9/h4-9,13-16H,3H2,1-2H3. The summed E-state index contributed by atoms with van der Waals surface area (Å²) >= 11 is 0. The van der Waals surface area contributed by atoms with Crippen LogP contribution < -0.4 is 0 Å². The van der Waals surface area contributed by atoms with Gasteiger partial charge in [0.05, 0.1) is 6.61 Å². The van der Waals surface area contributed by atoms with E-state index in [9.17, 15) is 24.1 Å². The molecule has 0 saturated carbocycles. The van der Waals surface area contributed by atoms with Crippen molar-refractivity contribution in [1.29, 1.82) is 0 Å². The zero-order chi connectivity index (χ0) is 13.4. The van der Waals surface area contributed by atoms with Gasteiger partial charge in [-0.25, -0.2) is 8.78 Å². The summed E-state index contributed by atoms with van der Waals surface area (Å²) in [6, 6.07) is 0. The molecule has 7 heteroatoms. The van der Waals surface area contributed by atoms with Gasteiger partial charge in [0.25, 0.3) is 5.92 Å². The van der Waals surface area contributed by atoms with Crippen LogP contribution in [-0.2, 0) is 4.74 Å². The van der Waals surface area contributed by atoms with E-state index < -0.39 is 49.0 Å². The van der Waals surface area contributed by atoms with Crippen molar-refractivity contribution in [3.05, 3.63) is 0 Å². The molecule has 1 aliphatic rings. The van der Waals surface area contributed by atoms with Gasteiger partial charge in [0, 0.05) is 5.92 Å². The Morgan fingerprint density at radius 1 is 1.12 bits per heavy atom. The Hall–Kier alpha value is -0.340. The smallest absolute Gasteiger partial charge is 0.278 e. The first-order valence-corrected chi connectivity index (χ1v) is 5.41. The van der Waals surface area contributed by atoms with Crippen molar-refractivity contribution < 1.29 is 33.9 Å². The van der Waals surface area contributed by atoms with Crippen LogP contribution in [0.2, 0.25) is 0 Å². The van der Waals surface area contributed by atoms with Gasteiger partial charge in [-0.1, -0.05) is 13.8 Å². The highest BCUT2D eigenvalue weighted by Crippen LogP contribution is 2.36. The van der Waals surface area contributed by atoms with Crippen molar-refractivity contribution in [1.82, 2.24) is 0 Å². The van der Waals surface area contributed by atoms with E-state index in [4.69, 9.17) is 9.84 Å². The largest absolute Gasteiger partial charge is 0.394 e. The lowest BCUT2D eigenvalue weighted by Crippen LogP contribution is -2.64. The quantitative estimate of drug-likeness (QED) is 0.526. The van der Waals surface area contributed by atoms with Crippen LogP contribution in [0.3, 0.4) is 0 Å². The number of halogens is 2. The molecule has 5 nitrogen and oxygen atoms in total. The van der Waals surface area contributed by atoms with E-state index in [1.165, 1.54) is 13.8 Å². The molecule has 0 aromatic carbocycles. The molecule has 5 unspecified atom stereocenters. The molecule has 0 aliphatic carbocycles. The summed E-state index contributed by atoms with van der Waals surface area (Å²) in [6.45, 7) is 1.79. The van der Waals surface area contributed by atoms with Gasteiger partial charge in [-0.15, -0.1) is 0 Å². The number of alkyl halides is 2. The van der Waals surface area contributed by atoms with Crippen molar-refractivity contribution in [2.75, 3.05) is 6.61 Å². The average Bonchev–Trinajstić information content (AvgIpc) is 2.26. The number of aliphatic hydroxyl groups excluding tert-OH is 4. The Kier molecular flexibility index (Phi) is 4.43. The Morgan fingerprint density at radius 2 is 1.65 bits per heavy atom. The van der Waals surface area contributed by atoms with Gasteiger partial charge in [0.1, 0.15) is 24.4 Å². The zero-order valence-corrected chi connectivity index (χ0v) is 9.62. The highest BCUT2D eigenvalue weighted by atomic mass is 19.3. The van der Waals surface area contributed by atoms with Gasteiger partial charge < -0.3 is 25.2 Å². The van der Waals surface area contributed by atoms with Gasteiger partial charge >= 0.3 is 0 Å². The second-order valence-corrected chi connectivity index (χ2v) is 4.58. The van der Waals surface area contributed by atoms with E-state index >= 15 is 0 Å². The third kappa shape index (κ3) is 2.58. The minimum absolute atomic E-state index is 0.713. The van der Waals surface area contributed by atoms with Gasteiger partial charge in [0.2, 0.25) is 0 Å². The van der Waals surface area contributed by atoms with Crippen LogP contribution >= 0.6 is 0 Å². The minimum atomic E-state index is -3.37. The predicted octanol–water partition coefficient (Wildman–Crippen LogP) is -0.880. The third-order valence-corrected chi connectivity index (χ3v) is 3.04. The summed E-state index contributed by atoms with van der Waals surface area (Å²) in [5.41, 5.74) is 0. The van der Waals surface area contributed by atoms with Gasteiger partial charge in [0.15, 0.2) is 6.10 Å². The molecule has 102 valence electrons. The summed E-state index contributed by atoms with van der Waals surface area (Å²) < 4.78 is 32.3. The van der Waals surface area contributed by atoms with Gasteiger partial charge in [-0.3, -0.25) is 0 Å². The summed E-state index contributed by atoms with van der Waals surface area (Å²) in [7, 11) is 0. The fourth-order valence-electron chi connectivity index (χ4n) is 1.75. The summed E-state index contributed by atoms with van der Waals surface area (Å²) in [4.78, 5) is 0. The first-order chi connectivity index (χ1) is 7.73. The molecule has 4 N–H and O–H groups in total. The van der Waals surface area contributed by atoms with Crippen LogP contribution in [0.4, 0.5) is 8.78 Å². The summed E-state index contributed by atoms with van der Waals surface area (Å²) in [6.07, 6.45) is -8.53. The fourth-order valence-corrected chi connectivity index (χ4v) is 1.75. The molecule has 0 aromatic rings. The molecule has 0 amide bonds. The van der Waals surface area contributed by atoms with Crippen LogP contribution in [0.5, 0.6) is 0 Å². The first-order valence-electron chi connectivity index (χ1n) is 5.41. The van der Waals surface area contributed by atoms with Crippen molar-refractivity contribution in [2.24, 2.45) is 5.92 Å². The van der Waals surface area contributed by atoms with E-state index in [1.54, 1.807) is 0 Å². The Balaban J connectivity index is 2.93. The molecule has 5 atom stereocenters. The molecular weight excluding hydrogens is 238 g/mol. The van der Waals surface area contributed by atoms with E-state index in [2.05, 4.69) is 0 Å². The SMILES string of the molecule is CC(C)C(F)(F)C1OC(CO)C(O)C(O)C1O. The Morgan fingerprint density at radius 3 is 2.06 bits per heavy atom. The normalized spacial score (nSPS) is 39.7. The first kappa shape index (κ1) is 14.7. The van der Waals surface area contributed by atoms with Gasteiger partial charge in [-0.2, -0.15) is 0 Å². The average molecular weight is 256 g/mol. The van der Waals surface area contributed by atoms with Gasteiger partial charge in [-0.05, 0) is 0 Å². The number of ether oxygens (including phenoxy) is 1. The molecule has 1 heterocycles. The van der Waals surface area contributed by atoms with Crippen molar-refractivity contribution in [3.63, 3.8) is 0 Å². The number of rotatable bonds is 3. The van der Waals surface area contributed by atoms with E-state index in [1.807, 2.05) is 0 Å². The molecule has 0 radical (unpaired) electrons. The molecule has 1 saturated heterocycles. The lowest BCUT2D eigenvalue weighted by atomic mass is 9.88. The van der Waals surface area contributed by atoms with E-state index in [0.717, 1.165) is 0 Å². The highest BCUT2D eigenvalue weighted by molar-refractivity contribution is 4.98. The van der Waals surface area contributed by atoms with Crippen molar-refractivity contribution in [3.8, 4) is 0 Å². The maximum absolute atomic E-state index is 13.7. The third-order valence-electron chi connectivity index (χ3n) is 3.04. The van der Waals surface area contributed by atoms with Crippen molar-refractivity contribution in [2.45, 2.75) is 50.3 Å². The predicted molar refractivity (Wildman–Crippen MR) is 53.6 cm³/mol. The molecule has 0 bridgehead atoms. The molecule has 1 aliphatic heterocycles. The van der Waals surface area contributed by atoms with Crippen LogP contribution in [0, 0.1) is 5.92 Å². The number of hydrogen-bond donors (Lipinski definition) is 4. The maximum atomic E-state index is 13.7. The summed E-state index contributed by atoms with van der Waals surface area (Å²) in [5, 5.41) is 37.2. The fraction of sp³-hybridized carbons (Fsp3) is 1.00. The monoisotopic (exact) mass is 256 g/mol. The van der Waals surface area contributed by atoms with E-state index in [0.29, 0.717) is 0 Å². The van der Waals surface area contributed by atoms with Crippen LogP contribution in [-0.4, -0.2) is 63.5 Å². The maximum Gasteiger partial charge on any atom is 0.278 e. The zero-order valence-electron chi connectivity index (χ0n) is 9.62. The molecule has 1 rings (SSSR count). The Bertz CT molecular complexity index is 259. The highest BCUT2D eigenvalue weighted by Gasteiger charge is 2.55. The van der Waals surface area contributed by atoms with Crippen LogP contribution in [0.15, 0.2) is 0 Å². The van der Waals surface area contributed by atoms with Crippen molar-refractivity contribution >= 4 is 0 Å².